The second-order valence-electron chi connectivity index (χ2n) is 6.57. The molecule has 5 rings (SSSR count). The highest BCUT2D eigenvalue weighted by Gasteiger charge is 2.47. The topological polar surface area (TPSA) is 42.1 Å². The third-order valence-corrected chi connectivity index (χ3v) is 7.42. The number of ether oxygens (including phenoxy) is 1. The molecular formula is C18H15NO2S2. The van der Waals surface area contributed by atoms with Gasteiger partial charge in [-0.3, -0.25) is 4.79 Å². The minimum absolute atomic E-state index is 0.0138. The van der Waals surface area contributed by atoms with Crippen molar-refractivity contribution in [3.05, 3.63) is 56.5 Å². The van der Waals surface area contributed by atoms with Crippen molar-refractivity contribution in [3.8, 4) is 5.75 Å². The van der Waals surface area contributed by atoms with Gasteiger partial charge in [-0.2, -0.15) is 0 Å². The maximum absolute atomic E-state index is 11.9. The van der Waals surface area contributed by atoms with Crippen molar-refractivity contribution in [1.29, 1.82) is 0 Å². The highest BCUT2D eigenvalue weighted by molar-refractivity contribution is 7.99. The molecule has 0 saturated heterocycles. The second-order valence-corrected chi connectivity index (χ2v) is 8.57. The van der Waals surface area contributed by atoms with E-state index in [2.05, 4.69) is 48.3 Å². The van der Waals surface area contributed by atoms with Gasteiger partial charge in [-0.05, 0) is 16.8 Å². The van der Waals surface area contributed by atoms with E-state index in [4.69, 9.17) is 4.74 Å². The maximum atomic E-state index is 11.9. The predicted octanol–water partition coefficient (Wildman–Crippen LogP) is 4.23. The van der Waals surface area contributed by atoms with Crippen LogP contribution in [0.15, 0.2) is 46.2 Å². The normalized spacial score (nSPS) is 25.3. The van der Waals surface area contributed by atoms with Crippen molar-refractivity contribution in [1.82, 2.24) is 4.98 Å². The fourth-order valence-electron chi connectivity index (χ4n) is 3.81. The van der Waals surface area contributed by atoms with Crippen LogP contribution in [0.25, 0.3) is 10.8 Å². The van der Waals surface area contributed by atoms with Crippen LogP contribution in [-0.2, 0) is 0 Å². The van der Waals surface area contributed by atoms with Crippen LogP contribution < -0.4 is 9.61 Å². The molecule has 0 fully saturated rings. The van der Waals surface area contributed by atoms with E-state index in [1.807, 2.05) is 0 Å². The lowest BCUT2D eigenvalue weighted by Gasteiger charge is -2.44. The predicted molar refractivity (Wildman–Crippen MR) is 95.1 cm³/mol. The van der Waals surface area contributed by atoms with Gasteiger partial charge >= 0.3 is 4.87 Å². The smallest absolute Gasteiger partial charge is 0.305 e. The summed E-state index contributed by atoms with van der Waals surface area (Å²) >= 11 is 3.11. The molecule has 2 aliphatic heterocycles. The van der Waals surface area contributed by atoms with Gasteiger partial charge in [-0.1, -0.05) is 48.6 Å². The average Bonchev–Trinajstić information content (AvgIpc) is 2.94. The summed E-state index contributed by atoms with van der Waals surface area (Å²) in [5.41, 5.74) is 1.26. The van der Waals surface area contributed by atoms with E-state index in [1.165, 1.54) is 32.5 Å². The van der Waals surface area contributed by atoms with Gasteiger partial charge in [0.05, 0.1) is 11.6 Å². The zero-order chi connectivity index (χ0) is 15.6. The molecule has 5 heteroatoms. The Morgan fingerprint density at radius 2 is 2.13 bits per heavy atom. The molecule has 0 aliphatic carbocycles. The van der Waals surface area contributed by atoms with Crippen molar-refractivity contribution in [2.45, 2.75) is 17.9 Å². The summed E-state index contributed by atoms with van der Waals surface area (Å²) in [6.07, 6.45) is 0. The molecule has 0 amide bonds. The van der Waals surface area contributed by atoms with Crippen molar-refractivity contribution in [3.63, 3.8) is 0 Å². The number of hydrogen-bond donors (Lipinski definition) is 1. The zero-order valence-electron chi connectivity index (χ0n) is 12.6. The Kier molecular flexibility index (Phi) is 2.77. The van der Waals surface area contributed by atoms with Crippen molar-refractivity contribution in [2.24, 2.45) is 5.41 Å². The first-order chi connectivity index (χ1) is 11.2. The monoisotopic (exact) mass is 341 g/mol. The van der Waals surface area contributed by atoms with Crippen molar-refractivity contribution >= 4 is 33.9 Å². The summed E-state index contributed by atoms with van der Waals surface area (Å²) < 4.78 is 6.13. The summed E-state index contributed by atoms with van der Waals surface area (Å²) in [6.45, 7) is 2.98. The van der Waals surface area contributed by atoms with Gasteiger partial charge in [0.1, 0.15) is 5.75 Å². The molecule has 3 heterocycles. The van der Waals surface area contributed by atoms with E-state index in [1.54, 1.807) is 11.8 Å². The third kappa shape index (κ3) is 1.86. The Hall–Kier alpha value is -1.72. The Bertz CT molecular complexity index is 990. The van der Waals surface area contributed by atoms with Crippen molar-refractivity contribution in [2.75, 3.05) is 12.4 Å². The van der Waals surface area contributed by atoms with Crippen LogP contribution in [0.1, 0.15) is 23.3 Å². The Morgan fingerprint density at radius 3 is 3.04 bits per heavy atom. The third-order valence-electron chi connectivity index (χ3n) is 4.92. The number of thiazole rings is 1. The van der Waals surface area contributed by atoms with Gasteiger partial charge in [-0.15, -0.1) is 11.8 Å². The quantitative estimate of drug-likeness (QED) is 0.665. The SMILES string of the molecule is C[C@]12COc3ccc4ccccc4c3[C@H]1c1sc(=O)[nH]c1SC2. The lowest BCUT2D eigenvalue weighted by Crippen LogP contribution is -2.40. The number of nitrogens with one attached hydrogen (secondary N) is 1. The number of benzene rings is 2. The van der Waals surface area contributed by atoms with E-state index in [-0.39, 0.29) is 16.2 Å². The fourth-order valence-corrected chi connectivity index (χ4v) is 6.34. The van der Waals surface area contributed by atoms with Gasteiger partial charge in [-0.25, -0.2) is 0 Å². The van der Waals surface area contributed by atoms with Crippen LogP contribution in [0.4, 0.5) is 0 Å². The van der Waals surface area contributed by atoms with Gasteiger partial charge in [0.25, 0.3) is 0 Å². The van der Waals surface area contributed by atoms with E-state index >= 15 is 0 Å². The number of aromatic amines is 1. The largest absolute Gasteiger partial charge is 0.493 e. The lowest BCUT2D eigenvalue weighted by molar-refractivity contribution is 0.138. The standard InChI is InChI=1S/C18H15NO2S2/c1-18-8-21-12-7-6-10-4-2-3-5-11(10)13(12)14(18)15-16(22-9-18)19-17(20)23-15/h2-7,14H,8-9H2,1H3,(H,19,20)/t14-,18+/m0/s1. The van der Waals surface area contributed by atoms with Gasteiger partial charge in [0, 0.05) is 27.5 Å². The average molecular weight is 341 g/mol. The number of H-pyrrole nitrogens is 1. The number of hydrogen-bond acceptors (Lipinski definition) is 4. The molecule has 1 N–H and O–H groups in total. The minimum atomic E-state index is 0.0138. The molecule has 3 nitrogen and oxygen atoms in total. The minimum Gasteiger partial charge on any atom is -0.493 e. The summed E-state index contributed by atoms with van der Waals surface area (Å²) in [4.78, 5) is 16.2. The van der Waals surface area contributed by atoms with Crippen LogP contribution in [0.3, 0.4) is 0 Å². The molecule has 1 aromatic heterocycles. The molecule has 0 bridgehead atoms. The summed E-state index contributed by atoms with van der Waals surface area (Å²) in [6, 6.07) is 12.6. The Balaban J connectivity index is 1.87. The molecule has 3 aromatic rings. The van der Waals surface area contributed by atoms with Crippen LogP contribution in [-0.4, -0.2) is 17.3 Å². The highest BCUT2D eigenvalue weighted by Crippen LogP contribution is 2.57. The van der Waals surface area contributed by atoms with Gasteiger partial charge in [0.2, 0.25) is 0 Å². The molecule has 0 radical (unpaired) electrons. The molecule has 0 saturated carbocycles. The molecular weight excluding hydrogens is 326 g/mol. The first-order valence-electron chi connectivity index (χ1n) is 7.66. The molecule has 2 aromatic carbocycles. The van der Waals surface area contributed by atoms with E-state index in [0.717, 1.165) is 16.5 Å². The summed E-state index contributed by atoms with van der Waals surface area (Å²) in [7, 11) is 0. The van der Waals surface area contributed by atoms with Crippen LogP contribution in [0.5, 0.6) is 5.75 Å². The zero-order valence-corrected chi connectivity index (χ0v) is 14.2. The first-order valence-corrected chi connectivity index (χ1v) is 9.46. The second kappa shape index (κ2) is 4.65. The number of fused-ring (bicyclic) bond motifs is 7. The van der Waals surface area contributed by atoms with E-state index < -0.39 is 0 Å². The number of thioether (sulfide) groups is 1. The van der Waals surface area contributed by atoms with Crippen molar-refractivity contribution < 1.29 is 4.74 Å². The van der Waals surface area contributed by atoms with Gasteiger partial charge < -0.3 is 9.72 Å². The summed E-state index contributed by atoms with van der Waals surface area (Å²) in [5.74, 6) is 2.14. The van der Waals surface area contributed by atoms with E-state index in [9.17, 15) is 4.79 Å². The first kappa shape index (κ1) is 13.7. The van der Waals surface area contributed by atoms with Gasteiger partial charge in [0.15, 0.2) is 0 Å². The molecule has 2 aliphatic rings. The molecule has 0 unspecified atom stereocenters. The van der Waals surface area contributed by atoms with Crippen LogP contribution >= 0.6 is 23.1 Å². The highest BCUT2D eigenvalue weighted by atomic mass is 32.2. The van der Waals surface area contributed by atoms with Crippen LogP contribution in [0.2, 0.25) is 0 Å². The summed E-state index contributed by atoms with van der Waals surface area (Å²) in [5, 5.41) is 3.50. The maximum Gasteiger partial charge on any atom is 0.305 e. The lowest BCUT2D eigenvalue weighted by atomic mass is 9.71. The Morgan fingerprint density at radius 1 is 1.26 bits per heavy atom. The molecule has 0 spiro atoms. The Labute approximate surface area is 141 Å². The van der Waals surface area contributed by atoms with E-state index in [0.29, 0.717) is 6.61 Å². The fraction of sp³-hybridized carbons (Fsp3) is 0.278. The molecule has 116 valence electrons. The molecule has 23 heavy (non-hydrogen) atoms. The molecule has 2 atom stereocenters. The van der Waals surface area contributed by atoms with Crippen LogP contribution in [0, 0.1) is 5.41 Å². The number of aromatic nitrogens is 1. The number of rotatable bonds is 0.